The van der Waals surface area contributed by atoms with E-state index < -0.39 is 11.6 Å². The molecule has 0 bridgehead atoms. The maximum absolute atomic E-state index is 13.8. The van der Waals surface area contributed by atoms with Gasteiger partial charge in [-0.25, -0.2) is 33.1 Å². The Morgan fingerprint density at radius 2 is 0.812 bits per heavy atom. The predicted molar refractivity (Wildman–Crippen MR) is 361 cm³/mol. The Hall–Kier alpha value is -8.33. The van der Waals surface area contributed by atoms with E-state index in [0.717, 1.165) is 102 Å². The van der Waals surface area contributed by atoms with Crippen molar-refractivity contribution in [2.75, 3.05) is 67.9 Å². The number of halogens is 3. The van der Waals surface area contributed by atoms with Crippen LogP contribution in [0.2, 0.25) is 0 Å². The van der Waals surface area contributed by atoms with Crippen LogP contribution < -0.4 is 41.7 Å². The summed E-state index contributed by atoms with van der Waals surface area (Å²) in [7, 11) is 0. The summed E-state index contributed by atoms with van der Waals surface area (Å²) < 4.78 is 40.2. The van der Waals surface area contributed by atoms with Crippen molar-refractivity contribution in [1.82, 2.24) is 60.7 Å². The van der Waals surface area contributed by atoms with Crippen LogP contribution in [0.1, 0.15) is 157 Å². The summed E-state index contributed by atoms with van der Waals surface area (Å²) in [5, 5.41) is 67.1. The molecular formula is C64H73F3N20O5S4. The highest BCUT2D eigenvalue weighted by Gasteiger charge is 2.45. The van der Waals surface area contributed by atoms with Crippen molar-refractivity contribution < 1.29 is 37.5 Å². The van der Waals surface area contributed by atoms with E-state index in [1.807, 2.05) is 53.4 Å². The number of pyridine rings is 4. The molecule has 96 heavy (non-hydrogen) atoms. The van der Waals surface area contributed by atoms with Gasteiger partial charge in [-0.15, -0.1) is 40.8 Å². The molecule has 0 radical (unpaired) electrons. The number of amides is 4. The van der Waals surface area contributed by atoms with Gasteiger partial charge in [0.25, 0.3) is 5.92 Å². The molecule has 10 heterocycles. The van der Waals surface area contributed by atoms with E-state index in [2.05, 4.69) is 104 Å². The van der Waals surface area contributed by atoms with Crippen LogP contribution in [0.25, 0.3) is 0 Å². The first-order chi connectivity index (χ1) is 46.3. The predicted octanol–water partition coefficient (Wildman–Crippen LogP) is 10.1. The van der Waals surface area contributed by atoms with Crippen molar-refractivity contribution in [2.45, 2.75) is 170 Å². The summed E-state index contributed by atoms with van der Waals surface area (Å²) in [4.78, 5) is 73.4. The van der Waals surface area contributed by atoms with Gasteiger partial charge in [-0.3, -0.25) is 19.2 Å². The SMILES string of the molecule is CC1(F)CC(Nc2cccc(CC(=O)Nc3nnc([C@H]4CCC[C@H](c5nnc(NC(=O)Cc6cccc(NC7CC(F)(F)C7)n6)s5)C4)s3)n2)C1.CC1CN(c2cccc(CC(=O)Nc3nnc([C@H]4CCC[C@H](c5nnc(NC(=O)Cc6cccc(N7CC(O)C7)n6)s5)C4)s3)n2)C1. The molecule has 2 saturated heterocycles. The van der Waals surface area contributed by atoms with Gasteiger partial charge in [0.2, 0.25) is 44.2 Å². The van der Waals surface area contributed by atoms with Gasteiger partial charge in [0.15, 0.2) is 0 Å². The third-order valence-electron chi connectivity index (χ3n) is 17.8. The van der Waals surface area contributed by atoms with Crippen LogP contribution in [-0.4, -0.2) is 145 Å². The molecule has 0 aromatic carbocycles. The standard InChI is InChI=1S/C33H37F3N10O2S2.C31H36N10O3S2/c1-32(34)14-22(15-32)39-24-9-3-7-20(37-24)12-26(47)41-30-45-43-28(49-30)18-5-2-6-19(11-18)29-44-46-31(50-29)42-27(48)13-21-8-4-10-25(38-21)40-23-16-33(35,36)17-23;1-18-14-40(15-18)24-9-3-7-21(32-24)12-26(43)34-30-38-36-28(45-30)19-5-2-6-20(11-19)29-37-39-31(46-29)35-27(44)13-22-8-4-10-25(33-22)41-16-23(42)17-41/h3-4,7-10,18-19,22-23H,2,5-6,11-17H2,1H3,(H,37,39)(H,38,40)(H,41,45,47)(H,42,46,48);3-4,7-10,18-20,23,42H,2,5-6,11-17H2,1H3,(H,34,38,43)(H,35,39,44)/t18-,19-,22?,32?;19-,20-/m00/s1. The van der Waals surface area contributed by atoms with Crippen molar-refractivity contribution in [2.24, 2.45) is 5.92 Å². The molecule has 4 aliphatic carbocycles. The Bertz CT molecular complexity index is 3800. The molecule has 4 atom stereocenters. The Labute approximate surface area is 567 Å². The van der Waals surface area contributed by atoms with E-state index in [1.54, 1.807) is 31.2 Å². The summed E-state index contributed by atoms with van der Waals surface area (Å²) in [6.07, 6.45) is 8.01. The number of β-amino-alcohol motifs (C(OH)–C–C–N with tert-alkyl or cyclic N) is 1. The number of hydrogen-bond acceptors (Lipinski definition) is 25. The van der Waals surface area contributed by atoms with Gasteiger partial charge in [-0.1, -0.05) is 89.4 Å². The zero-order chi connectivity index (χ0) is 66.5. The van der Waals surface area contributed by atoms with Gasteiger partial charge in [0.05, 0.1) is 54.6 Å². The number of aromatic nitrogens is 12. The highest BCUT2D eigenvalue weighted by atomic mass is 32.1. The molecule has 2 aliphatic heterocycles. The topological polar surface area (TPSA) is 322 Å². The lowest BCUT2D eigenvalue weighted by molar-refractivity contribution is -0.116. The van der Waals surface area contributed by atoms with Crippen LogP contribution in [0, 0.1) is 5.92 Å². The Balaban J connectivity index is 0.000000174. The number of carbonyl (C=O) groups excluding carboxylic acids is 4. The lowest BCUT2D eigenvalue weighted by Gasteiger charge is -2.39. The van der Waals surface area contributed by atoms with Crippen LogP contribution in [0.5, 0.6) is 0 Å². The molecule has 504 valence electrons. The third kappa shape index (κ3) is 17.4. The number of nitrogens with zero attached hydrogens (tertiary/aromatic N) is 14. The molecule has 7 N–H and O–H groups in total. The number of rotatable bonds is 22. The van der Waals surface area contributed by atoms with Gasteiger partial charge < -0.3 is 46.8 Å². The minimum atomic E-state index is -2.63. The second kappa shape index (κ2) is 29.2. The normalized spacial score (nSPS) is 22.4. The lowest BCUT2D eigenvalue weighted by Crippen LogP contribution is -2.51. The van der Waals surface area contributed by atoms with Crippen molar-refractivity contribution in [3.63, 3.8) is 0 Å². The smallest absolute Gasteiger partial charge is 0.252 e. The number of nitrogens with one attached hydrogen (secondary N) is 6. The number of anilines is 8. The molecule has 8 aromatic rings. The largest absolute Gasteiger partial charge is 0.389 e. The summed E-state index contributed by atoms with van der Waals surface area (Å²) in [6.45, 7) is 6.92. The van der Waals surface area contributed by atoms with Gasteiger partial charge in [-0.05, 0) is 99.9 Å². The molecule has 0 spiro atoms. The number of aliphatic hydroxyl groups is 1. The second-order valence-corrected chi connectivity index (χ2v) is 30.2. The van der Waals surface area contributed by atoms with Crippen molar-refractivity contribution in [3.8, 4) is 0 Å². The average Bonchev–Trinajstić information content (AvgIpc) is 1.01. The maximum Gasteiger partial charge on any atom is 0.252 e. The lowest BCUT2D eigenvalue weighted by atomic mass is 9.79. The Morgan fingerprint density at radius 3 is 1.15 bits per heavy atom. The van der Waals surface area contributed by atoms with Gasteiger partial charge >= 0.3 is 0 Å². The average molecular weight is 1390 g/mol. The molecule has 14 rings (SSSR count). The summed E-state index contributed by atoms with van der Waals surface area (Å²) in [6, 6.07) is 21.7. The van der Waals surface area contributed by atoms with E-state index in [0.29, 0.717) is 81.1 Å². The molecule has 6 aliphatic rings. The van der Waals surface area contributed by atoms with Crippen molar-refractivity contribution >= 4 is 113 Å². The first-order valence-corrected chi connectivity index (χ1v) is 35.7. The van der Waals surface area contributed by atoms with E-state index >= 15 is 0 Å². The minimum Gasteiger partial charge on any atom is -0.389 e. The number of hydrogen-bond donors (Lipinski definition) is 7. The first-order valence-electron chi connectivity index (χ1n) is 32.4. The maximum atomic E-state index is 13.8. The molecule has 25 nitrogen and oxygen atoms in total. The third-order valence-corrected chi connectivity index (χ3v) is 21.8. The number of alkyl halides is 3. The first kappa shape index (κ1) is 66.3. The molecule has 32 heteroatoms. The zero-order valence-corrected chi connectivity index (χ0v) is 56.1. The second-order valence-electron chi connectivity index (χ2n) is 26.1. The van der Waals surface area contributed by atoms with Crippen LogP contribution in [0.4, 0.5) is 57.0 Å². The van der Waals surface area contributed by atoms with E-state index in [9.17, 15) is 37.5 Å². The molecule has 6 fully saturated rings. The fourth-order valence-electron chi connectivity index (χ4n) is 13.0. The fraction of sp³-hybridized carbons (Fsp3) is 0.500. The highest BCUT2D eigenvalue weighted by Crippen LogP contribution is 2.46. The van der Waals surface area contributed by atoms with E-state index in [1.165, 1.54) is 45.3 Å². The van der Waals surface area contributed by atoms with Gasteiger partial charge in [0.1, 0.15) is 49.0 Å². The monoisotopic (exact) mass is 1390 g/mol. The van der Waals surface area contributed by atoms with E-state index in [-0.39, 0.29) is 104 Å². The van der Waals surface area contributed by atoms with Crippen LogP contribution >= 0.6 is 45.3 Å². The molecule has 4 amide bonds. The molecule has 4 saturated carbocycles. The summed E-state index contributed by atoms with van der Waals surface area (Å²) in [5.41, 5.74) is 1.37. The number of aliphatic hydroxyl groups excluding tert-OH is 1. The summed E-state index contributed by atoms with van der Waals surface area (Å²) >= 11 is 5.55. The molecule has 8 aromatic heterocycles. The van der Waals surface area contributed by atoms with Crippen LogP contribution in [-0.2, 0) is 44.9 Å². The quantitative estimate of drug-likeness (QED) is 0.0332. The van der Waals surface area contributed by atoms with Gasteiger partial charge in [0, 0.05) is 87.6 Å². The molecule has 0 unspecified atom stereocenters. The highest BCUT2D eigenvalue weighted by molar-refractivity contribution is 7.16. The van der Waals surface area contributed by atoms with Crippen molar-refractivity contribution in [3.05, 3.63) is 116 Å². The van der Waals surface area contributed by atoms with Crippen LogP contribution in [0.3, 0.4) is 0 Å². The van der Waals surface area contributed by atoms with Crippen LogP contribution in [0.15, 0.2) is 72.8 Å². The van der Waals surface area contributed by atoms with Crippen molar-refractivity contribution in [1.29, 1.82) is 0 Å². The molecular weight excluding hydrogens is 1310 g/mol. The number of carbonyl (C=O) groups is 4. The van der Waals surface area contributed by atoms with E-state index in [4.69, 9.17) is 0 Å². The minimum absolute atomic E-state index is 0.00832. The summed E-state index contributed by atoms with van der Waals surface area (Å²) in [5.74, 6) is 0.651. The Morgan fingerprint density at radius 1 is 0.479 bits per heavy atom. The fourth-order valence-corrected chi connectivity index (χ4v) is 16.6. The zero-order valence-electron chi connectivity index (χ0n) is 52.8. The Kier molecular flexibility index (Phi) is 20.1. The van der Waals surface area contributed by atoms with Gasteiger partial charge in [-0.2, -0.15) is 0 Å².